The predicted octanol–water partition coefficient (Wildman–Crippen LogP) is -4.96. The van der Waals surface area contributed by atoms with Crippen LogP contribution in [-0.2, 0) is 49.6 Å². The number of rotatable bonds is 39. The zero-order valence-corrected chi connectivity index (χ0v) is 47.3. The lowest BCUT2D eigenvalue weighted by Gasteiger charge is -2.29. The molecule has 1 aliphatic rings. The Hall–Kier alpha value is -7.66. The maximum Gasteiger partial charge on any atom is 0.245 e. The highest BCUT2D eigenvalue weighted by atomic mass is 16.3. The van der Waals surface area contributed by atoms with E-state index in [4.69, 9.17) is 40.1 Å². The molecule has 24 N–H and O–H groups in total. The Labute approximate surface area is 473 Å². The Balaban J connectivity index is 2.43. The van der Waals surface area contributed by atoms with E-state index in [1.54, 1.807) is 58.0 Å². The summed E-state index contributed by atoms with van der Waals surface area (Å²) in [5.41, 5.74) is 39.2. The normalized spacial score (nSPS) is 15.8. The first-order chi connectivity index (χ1) is 38.5. The van der Waals surface area contributed by atoms with Gasteiger partial charge in [0.1, 0.15) is 48.6 Å². The van der Waals surface area contributed by atoms with Crippen LogP contribution in [0.5, 0.6) is 0 Å². The highest BCUT2D eigenvalue weighted by Gasteiger charge is 2.36. The first-order valence-electron chi connectivity index (χ1n) is 27.6. The topological polar surface area (TPSA) is 501 Å². The summed E-state index contributed by atoms with van der Waals surface area (Å²) in [6.07, 6.45) is 4.08. The molecule has 1 fully saturated rings. The quantitative estimate of drug-likeness (QED) is 0.0127. The molecule has 0 radical (unpaired) electrons. The molecule has 0 unspecified atom stereocenters. The SMILES string of the molecule is CC(C)C[C@H](NC(=O)[C@H](Cc1ccccc1)NC(=O)[C@H](CO)NC(=O)[C@H](CCCN=C(N)N)NC(=O)[C@@H]1CCCN1)C(=O)N[C@H](C(=O)N[C@@H](CCCN=C(N)N)C(=O)N[C@@H](CCCN=C(N)N)C(=O)N[C@H](C=O)CCCCN)C(C)C. The summed E-state index contributed by atoms with van der Waals surface area (Å²) >= 11 is 0. The smallest absolute Gasteiger partial charge is 0.245 e. The van der Waals surface area contributed by atoms with Gasteiger partial charge in [-0.15, -0.1) is 0 Å². The van der Waals surface area contributed by atoms with Crippen molar-refractivity contribution in [2.45, 2.75) is 166 Å². The fourth-order valence-corrected chi connectivity index (χ4v) is 8.56. The number of aldehydes is 1. The molecule has 8 amide bonds. The van der Waals surface area contributed by atoms with E-state index in [2.05, 4.69) is 62.8 Å². The van der Waals surface area contributed by atoms with E-state index in [0.29, 0.717) is 50.6 Å². The number of nitrogens with one attached hydrogen (secondary N) is 9. The summed E-state index contributed by atoms with van der Waals surface area (Å²) in [6, 6.07) is -2.07. The van der Waals surface area contributed by atoms with Gasteiger partial charge in [-0.3, -0.25) is 53.3 Å². The Kier molecular flexibility index (Phi) is 32.6. The van der Waals surface area contributed by atoms with Crippen LogP contribution in [0.15, 0.2) is 45.3 Å². The summed E-state index contributed by atoms with van der Waals surface area (Å²) in [5, 5.41) is 34.9. The van der Waals surface area contributed by atoms with Gasteiger partial charge in [-0.2, -0.15) is 0 Å². The van der Waals surface area contributed by atoms with E-state index in [1.165, 1.54) is 0 Å². The number of nitrogens with two attached hydrogens (primary N) is 7. The first-order valence-corrected chi connectivity index (χ1v) is 27.6. The van der Waals surface area contributed by atoms with Gasteiger partial charge in [0.25, 0.3) is 0 Å². The second kappa shape index (κ2) is 38.1. The highest BCUT2D eigenvalue weighted by Crippen LogP contribution is 2.13. The number of benzene rings is 1. The monoisotopic (exact) mass is 1140 g/mol. The number of aliphatic imine (C=N–C) groups is 3. The highest BCUT2D eigenvalue weighted by molar-refractivity contribution is 5.98. The third-order valence-corrected chi connectivity index (χ3v) is 12.9. The second-order valence-electron chi connectivity index (χ2n) is 20.6. The van der Waals surface area contributed by atoms with Crippen molar-refractivity contribution in [2.24, 2.45) is 66.9 Å². The zero-order chi connectivity index (χ0) is 60.4. The fraction of sp³-hybridized carbons (Fsp3) is 0.654. The summed E-state index contributed by atoms with van der Waals surface area (Å²) in [5.74, 6) is -7.37. The van der Waals surface area contributed by atoms with Crippen LogP contribution in [0, 0.1) is 11.8 Å². The third-order valence-electron chi connectivity index (χ3n) is 12.9. The molecule has 1 aromatic rings. The predicted molar refractivity (Wildman–Crippen MR) is 307 cm³/mol. The van der Waals surface area contributed by atoms with Gasteiger partial charge in [-0.1, -0.05) is 58.0 Å². The van der Waals surface area contributed by atoms with E-state index in [-0.39, 0.29) is 94.8 Å². The molecule has 0 saturated carbocycles. The van der Waals surface area contributed by atoms with E-state index >= 15 is 0 Å². The Morgan fingerprint density at radius 3 is 1.51 bits per heavy atom. The summed E-state index contributed by atoms with van der Waals surface area (Å²) in [7, 11) is 0. The lowest BCUT2D eigenvalue weighted by atomic mass is 9.98. The Morgan fingerprint density at radius 1 is 0.580 bits per heavy atom. The number of amides is 8. The second-order valence-corrected chi connectivity index (χ2v) is 20.6. The molecule has 29 heteroatoms. The number of hydrogen-bond donors (Lipinski definition) is 17. The standard InChI is InChI=1S/C52H91N19O10/c1-30(2)26-38(68-46(78)39(27-32-14-6-5-7-15-32)69-48(80)40(29-73)70-45(77)36(19-12-24-62-51(56)57)65-42(74)34-17-10-22-60-34)47(79)71-41(31(3)4)49(81)67-37(20-13-25-63-52(58)59)44(76)66-35(18-11-23-61-50(54)55)43(75)64-33(28-72)16-8-9-21-53/h5-7,14-15,28,30-31,33-41,60,73H,8-13,16-27,29,53H2,1-4H3,(H,64,75)(H,65,74)(H,66,76)(H,67,81)(H,68,78)(H,69,80)(H,70,77)(H,71,79)(H4,54,55,61)(H4,56,57,62)(H4,58,59,63)/t33-,34-,35-,36-,37-,38-,39-,40-,41-/m0/s1. The zero-order valence-electron chi connectivity index (χ0n) is 47.3. The maximum absolute atomic E-state index is 14.4. The summed E-state index contributed by atoms with van der Waals surface area (Å²) in [6.45, 7) is 7.34. The Morgan fingerprint density at radius 2 is 1.04 bits per heavy atom. The fourth-order valence-electron chi connectivity index (χ4n) is 8.56. The molecule has 0 aliphatic carbocycles. The number of nitrogens with zero attached hydrogens (tertiary/aromatic N) is 3. The van der Waals surface area contributed by atoms with Crippen molar-refractivity contribution >= 4 is 71.4 Å². The van der Waals surface area contributed by atoms with Gasteiger partial charge in [0, 0.05) is 26.1 Å². The van der Waals surface area contributed by atoms with Gasteiger partial charge in [0.05, 0.1) is 18.7 Å². The van der Waals surface area contributed by atoms with Crippen LogP contribution >= 0.6 is 0 Å². The lowest BCUT2D eigenvalue weighted by molar-refractivity contribution is -0.136. The van der Waals surface area contributed by atoms with Crippen LogP contribution in [0.4, 0.5) is 0 Å². The lowest BCUT2D eigenvalue weighted by Crippen LogP contribution is -2.61. The average molecular weight is 1140 g/mol. The third kappa shape index (κ3) is 27.9. The van der Waals surface area contributed by atoms with Crippen LogP contribution in [0.2, 0.25) is 0 Å². The Bertz CT molecular complexity index is 2250. The number of aliphatic hydroxyl groups is 1. The summed E-state index contributed by atoms with van der Waals surface area (Å²) in [4.78, 5) is 136. The molecule has 1 saturated heterocycles. The van der Waals surface area contributed by atoms with Crippen LogP contribution in [0.25, 0.3) is 0 Å². The molecule has 1 heterocycles. The number of hydrogen-bond acceptors (Lipinski definition) is 15. The molecule has 0 spiro atoms. The number of guanidine groups is 3. The van der Waals surface area contributed by atoms with Gasteiger partial charge in [0.2, 0.25) is 47.3 Å². The number of carbonyl (C=O) groups excluding carboxylic acids is 9. The molecule has 454 valence electrons. The van der Waals surface area contributed by atoms with Crippen molar-refractivity contribution in [1.29, 1.82) is 0 Å². The number of aliphatic hydroxyl groups excluding tert-OH is 1. The molecule has 0 aromatic heterocycles. The number of carbonyl (C=O) groups is 9. The van der Waals surface area contributed by atoms with E-state index in [0.717, 1.165) is 6.42 Å². The van der Waals surface area contributed by atoms with Crippen LogP contribution < -0.4 is 88.0 Å². The van der Waals surface area contributed by atoms with Gasteiger partial charge < -0.3 is 97.9 Å². The van der Waals surface area contributed by atoms with Crippen molar-refractivity contribution in [1.82, 2.24) is 47.9 Å². The van der Waals surface area contributed by atoms with Crippen LogP contribution in [-0.4, -0.2) is 170 Å². The maximum atomic E-state index is 14.4. The molecule has 1 aliphatic heterocycles. The molecule has 0 bridgehead atoms. The van der Waals surface area contributed by atoms with Gasteiger partial charge >= 0.3 is 0 Å². The van der Waals surface area contributed by atoms with E-state index in [9.17, 15) is 48.3 Å². The van der Waals surface area contributed by atoms with Crippen molar-refractivity contribution in [2.75, 3.05) is 39.3 Å². The minimum atomic E-state index is -1.60. The van der Waals surface area contributed by atoms with Gasteiger partial charge in [-0.05, 0) is 108 Å². The van der Waals surface area contributed by atoms with Gasteiger partial charge in [-0.25, -0.2) is 0 Å². The molecular weight excluding hydrogens is 1050 g/mol. The minimum absolute atomic E-state index is 0.0308. The molecule has 29 nitrogen and oxygen atoms in total. The van der Waals surface area contributed by atoms with Crippen LogP contribution in [0.1, 0.15) is 110 Å². The minimum Gasteiger partial charge on any atom is -0.394 e. The molecular formula is C52H91N19O10. The van der Waals surface area contributed by atoms with Crippen molar-refractivity contribution in [3.63, 3.8) is 0 Å². The van der Waals surface area contributed by atoms with Crippen molar-refractivity contribution in [3.8, 4) is 0 Å². The molecule has 2 rings (SSSR count). The van der Waals surface area contributed by atoms with Gasteiger partial charge in [0.15, 0.2) is 17.9 Å². The average Bonchev–Trinajstić information content (AvgIpc) is 3.97. The van der Waals surface area contributed by atoms with E-state index < -0.39 is 114 Å². The first kappa shape index (κ1) is 69.4. The molecule has 9 atom stereocenters. The summed E-state index contributed by atoms with van der Waals surface area (Å²) < 4.78 is 0. The number of unbranched alkanes of at least 4 members (excludes halogenated alkanes) is 1. The molecule has 81 heavy (non-hydrogen) atoms. The van der Waals surface area contributed by atoms with Crippen molar-refractivity contribution < 1.29 is 48.3 Å². The van der Waals surface area contributed by atoms with Crippen LogP contribution in [0.3, 0.4) is 0 Å². The van der Waals surface area contributed by atoms with Crippen molar-refractivity contribution in [3.05, 3.63) is 35.9 Å². The molecule has 1 aromatic carbocycles. The van der Waals surface area contributed by atoms with E-state index in [1.807, 2.05) is 0 Å². The largest absolute Gasteiger partial charge is 0.394 e.